The molecule has 17 heavy (non-hydrogen) atoms. The number of hydrogen-bond donors (Lipinski definition) is 1. The van der Waals surface area contributed by atoms with Crippen LogP contribution in [0.1, 0.15) is 27.5 Å². The maximum absolute atomic E-state index is 12.0. The summed E-state index contributed by atoms with van der Waals surface area (Å²) in [5, 5.41) is 3.71. The van der Waals surface area contributed by atoms with Gasteiger partial charge in [-0.05, 0) is 32.2 Å². The van der Waals surface area contributed by atoms with E-state index in [2.05, 4.69) is 15.2 Å². The number of aryl methyl sites for hydroxylation is 1. The van der Waals surface area contributed by atoms with Crippen LogP contribution in [0.3, 0.4) is 0 Å². The van der Waals surface area contributed by atoms with Crippen molar-refractivity contribution >= 4 is 17.2 Å². The molecule has 2 saturated heterocycles. The van der Waals surface area contributed by atoms with E-state index in [1.165, 1.54) is 30.8 Å². The molecule has 1 unspecified atom stereocenters. The largest absolute Gasteiger partial charge is 0.346 e. The van der Waals surface area contributed by atoms with Crippen LogP contribution < -0.4 is 5.32 Å². The van der Waals surface area contributed by atoms with Crippen LogP contribution in [0, 0.1) is 12.8 Å². The quantitative estimate of drug-likeness (QED) is 0.861. The summed E-state index contributed by atoms with van der Waals surface area (Å²) in [7, 11) is 0. The van der Waals surface area contributed by atoms with E-state index in [1.807, 2.05) is 6.92 Å². The SMILES string of the molecule is Cc1cnc(C(=O)N[C@@H]2C[C@H]3CCN(C3)C2)s1. The number of piperidine rings is 1. The lowest BCUT2D eigenvalue weighted by molar-refractivity contribution is 0.0909. The van der Waals surface area contributed by atoms with E-state index < -0.39 is 0 Å². The molecule has 1 amide bonds. The Morgan fingerprint density at radius 1 is 1.59 bits per heavy atom. The van der Waals surface area contributed by atoms with Gasteiger partial charge in [-0.1, -0.05) is 0 Å². The summed E-state index contributed by atoms with van der Waals surface area (Å²) in [4.78, 5) is 19.6. The molecule has 0 aliphatic carbocycles. The molecule has 1 aromatic rings. The van der Waals surface area contributed by atoms with Gasteiger partial charge in [0, 0.05) is 30.2 Å². The Labute approximate surface area is 105 Å². The first-order valence-corrected chi connectivity index (χ1v) is 6.98. The third-order valence-electron chi connectivity index (χ3n) is 3.62. The molecule has 3 heterocycles. The van der Waals surface area contributed by atoms with Gasteiger partial charge in [0.15, 0.2) is 5.01 Å². The molecule has 2 aliphatic heterocycles. The zero-order chi connectivity index (χ0) is 11.8. The molecular weight excluding hydrogens is 234 g/mol. The molecule has 0 saturated carbocycles. The number of thiazole rings is 1. The summed E-state index contributed by atoms with van der Waals surface area (Å²) in [5.41, 5.74) is 0. The van der Waals surface area contributed by atoms with Crippen LogP contribution in [0.5, 0.6) is 0 Å². The van der Waals surface area contributed by atoms with Gasteiger partial charge in [-0.25, -0.2) is 4.98 Å². The summed E-state index contributed by atoms with van der Waals surface area (Å²) in [6, 6.07) is 0.313. The fraction of sp³-hybridized carbons (Fsp3) is 0.667. The van der Waals surface area contributed by atoms with Gasteiger partial charge >= 0.3 is 0 Å². The van der Waals surface area contributed by atoms with Crippen LogP contribution in [0.2, 0.25) is 0 Å². The minimum absolute atomic E-state index is 0.00407. The van der Waals surface area contributed by atoms with E-state index in [-0.39, 0.29) is 5.91 Å². The standard InChI is InChI=1S/C12H17N3OS/c1-8-5-13-12(17-8)11(16)14-10-4-9-2-3-15(6-9)7-10/h5,9-10H,2-4,6-7H2,1H3,(H,14,16)/t9-,10-/m1/s1. The van der Waals surface area contributed by atoms with Crippen LogP contribution in [-0.2, 0) is 0 Å². The first kappa shape index (κ1) is 11.2. The second-order valence-corrected chi connectivity index (χ2v) is 6.33. The number of fused-ring (bicyclic) bond motifs is 2. The second-order valence-electron chi connectivity index (χ2n) is 5.10. The van der Waals surface area contributed by atoms with Crippen LogP contribution >= 0.6 is 11.3 Å². The highest BCUT2D eigenvalue weighted by Crippen LogP contribution is 2.26. The Bertz CT molecular complexity index is 419. The molecular formula is C12H17N3OS. The van der Waals surface area contributed by atoms with Gasteiger partial charge < -0.3 is 10.2 Å². The fourth-order valence-corrected chi connectivity index (χ4v) is 3.54. The highest BCUT2D eigenvalue weighted by molar-refractivity contribution is 7.13. The molecule has 1 N–H and O–H groups in total. The van der Waals surface area contributed by atoms with E-state index in [4.69, 9.17) is 0 Å². The van der Waals surface area contributed by atoms with Gasteiger partial charge in [0.2, 0.25) is 0 Å². The lowest BCUT2D eigenvalue weighted by atomic mass is 9.97. The average molecular weight is 251 g/mol. The normalized spacial score (nSPS) is 31.5. The number of carbonyl (C=O) groups excluding carboxylic acids is 1. The van der Waals surface area contributed by atoms with Crippen molar-refractivity contribution < 1.29 is 4.79 Å². The summed E-state index contributed by atoms with van der Waals surface area (Å²) < 4.78 is 0. The van der Waals surface area contributed by atoms with E-state index in [9.17, 15) is 4.79 Å². The van der Waals surface area contributed by atoms with E-state index in [0.717, 1.165) is 23.8 Å². The molecule has 2 fully saturated rings. The van der Waals surface area contributed by atoms with E-state index in [1.54, 1.807) is 6.20 Å². The number of nitrogens with zero attached hydrogens (tertiary/aromatic N) is 2. The van der Waals surface area contributed by atoms with Gasteiger partial charge in [0.05, 0.1) is 0 Å². The third kappa shape index (κ3) is 2.35. The molecule has 2 aliphatic rings. The lowest BCUT2D eigenvalue weighted by Gasteiger charge is -2.30. The molecule has 92 valence electrons. The van der Waals surface area contributed by atoms with Crippen LogP contribution in [0.15, 0.2) is 6.20 Å². The topological polar surface area (TPSA) is 45.2 Å². The Balaban J connectivity index is 1.62. The van der Waals surface area contributed by atoms with Crippen molar-refractivity contribution in [1.29, 1.82) is 0 Å². The monoisotopic (exact) mass is 251 g/mol. The number of carbonyl (C=O) groups is 1. The minimum Gasteiger partial charge on any atom is -0.346 e. The molecule has 4 nitrogen and oxygen atoms in total. The number of amides is 1. The molecule has 0 radical (unpaired) electrons. The summed E-state index contributed by atoms with van der Waals surface area (Å²) in [5.74, 6) is 0.780. The van der Waals surface area contributed by atoms with Crippen LogP contribution in [0.4, 0.5) is 0 Å². The number of rotatable bonds is 2. The Hall–Kier alpha value is -0.940. The van der Waals surface area contributed by atoms with Crippen molar-refractivity contribution in [3.63, 3.8) is 0 Å². The Morgan fingerprint density at radius 2 is 2.47 bits per heavy atom. The Morgan fingerprint density at radius 3 is 3.18 bits per heavy atom. The van der Waals surface area contributed by atoms with Crippen molar-refractivity contribution in [2.24, 2.45) is 5.92 Å². The van der Waals surface area contributed by atoms with Crippen molar-refractivity contribution in [2.45, 2.75) is 25.8 Å². The zero-order valence-electron chi connectivity index (χ0n) is 9.98. The number of aromatic nitrogens is 1. The molecule has 0 spiro atoms. The zero-order valence-corrected chi connectivity index (χ0v) is 10.8. The van der Waals surface area contributed by atoms with Gasteiger partial charge in [0.25, 0.3) is 5.91 Å². The first-order chi connectivity index (χ1) is 8.20. The predicted molar refractivity (Wildman–Crippen MR) is 67.3 cm³/mol. The van der Waals surface area contributed by atoms with Gasteiger partial charge in [-0.2, -0.15) is 0 Å². The smallest absolute Gasteiger partial charge is 0.280 e. The first-order valence-electron chi connectivity index (χ1n) is 6.16. The molecule has 5 heteroatoms. The van der Waals surface area contributed by atoms with E-state index in [0.29, 0.717) is 11.0 Å². The van der Waals surface area contributed by atoms with E-state index >= 15 is 0 Å². The number of hydrogen-bond acceptors (Lipinski definition) is 4. The van der Waals surface area contributed by atoms with Crippen LogP contribution in [-0.4, -0.2) is 41.5 Å². The summed E-state index contributed by atoms with van der Waals surface area (Å²) >= 11 is 1.46. The van der Waals surface area contributed by atoms with Gasteiger partial charge in [0.1, 0.15) is 0 Å². The molecule has 3 rings (SSSR count). The molecule has 1 aromatic heterocycles. The Kier molecular flexibility index (Phi) is 2.88. The van der Waals surface area contributed by atoms with Gasteiger partial charge in [-0.3, -0.25) is 4.79 Å². The van der Waals surface area contributed by atoms with Gasteiger partial charge in [-0.15, -0.1) is 11.3 Å². The third-order valence-corrected chi connectivity index (χ3v) is 4.53. The fourth-order valence-electron chi connectivity index (χ4n) is 2.87. The van der Waals surface area contributed by atoms with Crippen molar-refractivity contribution in [1.82, 2.24) is 15.2 Å². The summed E-state index contributed by atoms with van der Waals surface area (Å²) in [6.45, 7) is 5.41. The van der Waals surface area contributed by atoms with Crippen molar-refractivity contribution in [3.05, 3.63) is 16.1 Å². The molecule has 2 bridgehead atoms. The highest BCUT2D eigenvalue weighted by atomic mass is 32.1. The summed E-state index contributed by atoms with van der Waals surface area (Å²) in [6.07, 6.45) is 4.18. The highest BCUT2D eigenvalue weighted by Gasteiger charge is 2.33. The number of nitrogens with one attached hydrogen (secondary N) is 1. The van der Waals surface area contributed by atoms with Crippen molar-refractivity contribution in [2.75, 3.05) is 19.6 Å². The minimum atomic E-state index is -0.00407. The lowest BCUT2D eigenvalue weighted by Crippen LogP contribution is -2.46. The predicted octanol–water partition coefficient (Wildman–Crippen LogP) is 1.28. The maximum Gasteiger partial charge on any atom is 0.280 e. The van der Waals surface area contributed by atoms with Crippen LogP contribution in [0.25, 0.3) is 0 Å². The second kappa shape index (κ2) is 4.38. The molecule has 3 atom stereocenters. The van der Waals surface area contributed by atoms with Crippen molar-refractivity contribution in [3.8, 4) is 0 Å². The molecule has 0 aromatic carbocycles. The maximum atomic E-state index is 12.0. The average Bonchev–Trinajstić information content (AvgIpc) is 2.85.